The first-order valence-electron chi connectivity index (χ1n) is 13.6. The first-order valence-corrected chi connectivity index (χ1v) is 13.6. The molecule has 2 saturated heterocycles. The largest absolute Gasteiger partial charge is 0.448 e. The van der Waals surface area contributed by atoms with Gasteiger partial charge in [-0.3, -0.25) is 9.78 Å². The number of pyridine rings is 1. The number of hydrogen-bond acceptors (Lipinski definition) is 8. The van der Waals surface area contributed by atoms with Crippen molar-refractivity contribution in [1.82, 2.24) is 20.1 Å². The summed E-state index contributed by atoms with van der Waals surface area (Å²) in [6, 6.07) is 3.09. The lowest BCUT2D eigenvalue weighted by atomic mass is 9.78. The van der Waals surface area contributed by atoms with E-state index in [1.807, 2.05) is 6.07 Å². The van der Waals surface area contributed by atoms with Crippen molar-refractivity contribution in [1.29, 1.82) is 5.26 Å². The molecule has 13 heteroatoms. The van der Waals surface area contributed by atoms with Crippen molar-refractivity contribution in [2.75, 3.05) is 46.6 Å². The Bertz CT molecular complexity index is 1160. The van der Waals surface area contributed by atoms with Crippen LogP contribution in [0, 0.1) is 22.7 Å². The maximum Gasteiger partial charge on any atom is 0.417 e. The molecule has 3 aliphatic heterocycles. The number of methoxy groups -OCH3 is 1. The summed E-state index contributed by atoms with van der Waals surface area (Å²) in [5.41, 5.74) is -0.771. The third kappa shape index (κ3) is 5.62. The number of likely N-dealkylation sites (tertiary alicyclic amines) is 1. The summed E-state index contributed by atoms with van der Waals surface area (Å²) in [7, 11) is 1.64. The molecule has 5 atom stereocenters. The van der Waals surface area contributed by atoms with Gasteiger partial charge >= 0.3 is 12.3 Å². The first-order chi connectivity index (χ1) is 19.1. The fourth-order valence-corrected chi connectivity index (χ4v) is 6.75. The molecule has 10 nitrogen and oxygen atoms in total. The Kier molecular flexibility index (Phi) is 8.22. The fraction of sp³-hybridized carbons (Fsp3) is 0.704. The van der Waals surface area contributed by atoms with Crippen LogP contribution >= 0.6 is 0 Å². The SMILES string of the molecule is COC1COCCC1N[C@@H]1C[C@H]2CN(C(=O)OCCC#N)C[C@@]2(C(=O)N2CCc3ncc(C(F)(F)F)cc3C2)C1. The molecule has 2 amide bonds. The number of aromatic nitrogens is 1. The average molecular weight is 566 g/mol. The number of ether oxygens (including phenoxy) is 3. The molecule has 2 unspecified atom stereocenters. The molecule has 1 aliphatic carbocycles. The van der Waals surface area contributed by atoms with Gasteiger partial charge in [-0.2, -0.15) is 18.4 Å². The second-order valence-electron chi connectivity index (χ2n) is 11.1. The minimum absolute atomic E-state index is 0.00188. The van der Waals surface area contributed by atoms with E-state index in [1.54, 1.807) is 12.0 Å². The van der Waals surface area contributed by atoms with Gasteiger partial charge in [-0.05, 0) is 36.8 Å². The highest BCUT2D eigenvalue weighted by molar-refractivity contribution is 5.86. The van der Waals surface area contributed by atoms with E-state index in [0.717, 1.165) is 18.7 Å². The number of fused-ring (bicyclic) bond motifs is 2. The fourth-order valence-electron chi connectivity index (χ4n) is 6.75. The maximum absolute atomic E-state index is 14.3. The normalized spacial score (nSPS) is 30.0. The van der Waals surface area contributed by atoms with Crippen LogP contribution < -0.4 is 5.32 Å². The molecule has 4 heterocycles. The van der Waals surface area contributed by atoms with E-state index in [0.29, 0.717) is 56.8 Å². The Hall–Kier alpha value is -2.95. The minimum Gasteiger partial charge on any atom is -0.448 e. The number of alkyl halides is 3. The molecule has 3 fully saturated rings. The number of hydrogen-bond donors (Lipinski definition) is 1. The summed E-state index contributed by atoms with van der Waals surface area (Å²) in [5, 5.41) is 12.4. The van der Waals surface area contributed by atoms with Crippen LogP contribution in [-0.2, 0) is 38.1 Å². The van der Waals surface area contributed by atoms with E-state index >= 15 is 0 Å². The van der Waals surface area contributed by atoms with Crippen molar-refractivity contribution in [3.63, 3.8) is 0 Å². The third-order valence-electron chi connectivity index (χ3n) is 8.71. The summed E-state index contributed by atoms with van der Waals surface area (Å²) < 4.78 is 56.4. The molecule has 1 aromatic heterocycles. The quantitative estimate of drug-likeness (QED) is 0.523. The Morgan fingerprint density at radius 2 is 2.17 bits per heavy atom. The molecule has 5 rings (SSSR count). The Balaban J connectivity index is 1.36. The molecule has 218 valence electrons. The molecular weight excluding hydrogens is 531 g/mol. The lowest BCUT2D eigenvalue weighted by Gasteiger charge is -2.37. The maximum atomic E-state index is 14.3. The van der Waals surface area contributed by atoms with Gasteiger partial charge in [0.2, 0.25) is 5.91 Å². The van der Waals surface area contributed by atoms with Crippen LogP contribution in [0.4, 0.5) is 18.0 Å². The summed E-state index contributed by atoms with van der Waals surface area (Å²) >= 11 is 0. The van der Waals surface area contributed by atoms with Crippen molar-refractivity contribution in [3.8, 4) is 6.07 Å². The van der Waals surface area contributed by atoms with Crippen LogP contribution in [0.1, 0.15) is 42.5 Å². The van der Waals surface area contributed by atoms with Crippen molar-refractivity contribution in [2.24, 2.45) is 11.3 Å². The van der Waals surface area contributed by atoms with Gasteiger partial charge in [0.05, 0.1) is 36.2 Å². The predicted octanol–water partition coefficient (Wildman–Crippen LogP) is 2.51. The third-order valence-corrected chi connectivity index (χ3v) is 8.71. The monoisotopic (exact) mass is 565 g/mol. The number of nitriles is 1. The summed E-state index contributed by atoms with van der Waals surface area (Å²) in [5.74, 6) is -0.310. The molecule has 0 bridgehead atoms. The van der Waals surface area contributed by atoms with Crippen molar-refractivity contribution >= 4 is 12.0 Å². The number of nitrogens with zero attached hydrogens (tertiary/aromatic N) is 4. The molecule has 0 spiro atoms. The zero-order valence-corrected chi connectivity index (χ0v) is 22.4. The van der Waals surface area contributed by atoms with Crippen LogP contribution in [0.15, 0.2) is 12.3 Å². The average Bonchev–Trinajstić information content (AvgIpc) is 3.47. The molecular formula is C27H34F3N5O5. The molecule has 4 aliphatic rings. The lowest BCUT2D eigenvalue weighted by Crippen LogP contribution is -2.52. The van der Waals surface area contributed by atoms with E-state index in [1.165, 1.54) is 4.90 Å². The molecule has 40 heavy (non-hydrogen) atoms. The minimum atomic E-state index is -4.52. The molecule has 0 radical (unpaired) electrons. The van der Waals surface area contributed by atoms with E-state index in [4.69, 9.17) is 19.5 Å². The number of nitrogens with one attached hydrogen (secondary N) is 1. The Morgan fingerprint density at radius 1 is 1.35 bits per heavy atom. The van der Waals surface area contributed by atoms with E-state index in [-0.39, 0.29) is 56.1 Å². The van der Waals surface area contributed by atoms with Crippen LogP contribution in [0.25, 0.3) is 0 Å². The van der Waals surface area contributed by atoms with Gasteiger partial charge < -0.3 is 29.3 Å². The molecule has 1 aromatic rings. The van der Waals surface area contributed by atoms with Crippen molar-refractivity contribution in [2.45, 2.75) is 63.0 Å². The lowest BCUT2D eigenvalue weighted by molar-refractivity contribution is -0.143. The van der Waals surface area contributed by atoms with Gasteiger partial charge in [0.15, 0.2) is 0 Å². The zero-order valence-electron chi connectivity index (χ0n) is 22.4. The second kappa shape index (κ2) is 11.5. The summed E-state index contributed by atoms with van der Waals surface area (Å²) in [6.07, 6.45) is -2.00. The highest BCUT2D eigenvalue weighted by Gasteiger charge is 2.60. The number of carbonyl (C=O) groups excluding carboxylic acids is 2. The van der Waals surface area contributed by atoms with Crippen molar-refractivity contribution in [3.05, 3.63) is 29.1 Å². The van der Waals surface area contributed by atoms with E-state index in [2.05, 4.69) is 10.3 Å². The van der Waals surface area contributed by atoms with Crippen molar-refractivity contribution < 1.29 is 37.0 Å². The smallest absolute Gasteiger partial charge is 0.417 e. The van der Waals surface area contributed by atoms with Crippen LogP contribution in [0.5, 0.6) is 0 Å². The number of carbonyl (C=O) groups is 2. The van der Waals surface area contributed by atoms with E-state index in [9.17, 15) is 22.8 Å². The predicted molar refractivity (Wildman–Crippen MR) is 134 cm³/mol. The van der Waals surface area contributed by atoms with Gasteiger partial charge in [0, 0.05) is 70.3 Å². The van der Waals surface area contributed by atoms with Gasteiger partial charge in [0.25, 0.3) is 0 Å². The number of amides is 2. The van der Waals surface area contributed by atoms with Crippen LogP contribution in [0.3, 0.4) is 0 Å². The molecule has 1 N–H and O–H groups in total. The zero-order chi connectivity index (χ0) is 28.5. The number of halogens is 3. The summed E-state index contributed by atoms with van der Waals surface area (Å²) in [6.45, 7) is 1.94. The van der Waals surface area contributed by atoms with Gasteiger partial charge in [-0.15, -0.1) is 0 Å². The van der Waals surface area contributed by atoms with Gasteiger partial charge in [-0.25, -0.2) is 4.79 Å². The number of rotatable bonds is 6. The molecule has 1 saturated carbocycles. The molecule has 0 aromatic carbocycles. The standard InChI is InChI=1S/C27H34F3N5O5/c1-38-23-15-39-8-4-22(23)33-20-10-19-14-35(25(37)40-7-2-5-31)16-26(19,11-20)24(36)34-6-3-21-17(13-34)9-18(12-32-21)27(28,29)30/h9,12,19-20,22-23,33H,2-4,6-8,10-11,13-16H2,1H3/t19-,20+,22?,23?,26-/m0/s1. The second-order valence-corrected chi connectivity index (χ2v) is 11.1. The first kappa shape index (κ1) is 28.6. The van der Waals surface area contributed by atoms with Gasteiger partial charge in [-0.1, -0.05) is 0 Å². The van der Waals surface area contributed by atoms with Crippen LogP contribution in [0.2, 0.25) is 0 Å². The summed E-state index contributed by atoms with van der Waals surface area (Å²) in [4.78, 5) is 34.2. The highest BCUT2D eigenvalue weighted by atomic mass is 19.4. The van der Waals surface area contributed by atoms with Crippen LogP contribution in [-0.4, -0.2) is 91.5 Å². The van der Waals surface area contributed by atoms with E-state index < -0.39 is 23.2 Å². The topological polar surface area (TPSA) is 117 Å². The van der Waals surface area contributed by atoms with Gasteiger partial charge in [0.1, 0.15) is 6.61 Å². The highest BCUT2D eigenvalue weighted by Crippen LogP contribution is 2.51. The Morgan fingerprint density at radius 3 is 2.92 bits per heavy atom. The Labute approximate surface area is 230 Å².